The fourth-order valence-electron chi connectivity index (χ4n) is 2.68. The minimum Gasteiger partial charge on any atom is -0.305 e. The number of sulfone groups is 1. The predicted molar refractivity (Wildman–Crippen MR) is 43.6 cm³/mol. The first-order valence-corrected chi connectivity index (χ1v) is 5.86. The molecule has 2 saturated heterocycles. The summed E-state index contributed by atoms with van der Waals surface area (Å²) >= 11 is 0. The summed E-state index contributed by atoms with van der Waals surface area (Å²) in [6, 6.07) is 0. The van der Waals surface area contributed by atoms with Gasteiger partial charge in [0.1, 0.15) is 0 Å². The Morgan fingerprint density at radius 2 is 1.86 bits per heavy atom. The lowest BCUT2D eigenvalue weighted by Crippen LogP contribution is -2.75. The smallest absolute Gasteiger partial charge is 0.305 e. The highest BCUT2D eigenvalue weighted by Gasteiger charge is 2.72. The molecule has 3 nitrogen and oxygen atoms in total. The van der Waals surface area contributed by atoms with E-state index in [9.17, 15) is 21.6 Å². The lowest BCUT2D eigenvalue weighted by molar-refractivity contribution is -0.176. The van der Waals surface area contributed by atoms with E-state index in [1.165, 1.54) is 0 Å². The molecule has 0 radical (unpaired) electrons. The van der Waals surface area contributed by atoms with Crippen molar-refractivity contribution in [2.75, 3.05) is 25.9 Å². The zero-order valence-electron chi connectivity index (χ0n) is 7.50. The average molecular weight is 229 g/mol. The standard InChI is InChI=1S/C7H10F3NO2S/c1-11-2-6(3-11)4-14(12,13)5(6)7(8,9)10/h5H,2-4H2,1H3. The van der Waals surface area contributed by atoms with Gasteiger partial charge in [0.15, 0.2) is 15.1 Å². The monoisotopic (exact) mass is 229 g/mol. The molecule has 2 fully saturated rings. The van der Waals surface area contributed by atoms with Crippen LogP contribution in [0.3, 0.4) is 0 Å². The van der Waals surface area contributed by atoms with Crippen LogP contribution in [0.15, 0.2) is 0 Å². The van der Waals surface area contributed by atoms with E-state index in [1.807, 2.05) is 0 Å². The Morgan fingerprint density at radius 3 is 2.14 bits per heavy atom. The average Bonchev–Trinajstić information content (AvgIpc) is 1.75. The fraction of sp³-hybridized carbons (Fsp3) is 1.00. The number of likely N-dealkylation sites (tertiary alicyclic amines) is 1. The Hall–Kier alpha value is -0.300. The molecule has 2 rings (SSSR count). The number of rotatable bonds is 0. The molecule has 0 aliphatic carbocycles. The summed E-state index contributed by atoms with van der Waals surface area (Å²) < 4.78 is 59.4. The van der Waals surface area contributed by atoms with Crippen LogP contribution in [-0.2, 0) is 9.84 Å². The van der Waals surface area contributed by atoms with Crippen LogP contribution in [0.5, 0.6) is 0 Å². The van der Waals surface area contributed by atoms with Gasteiger partial charge in [0, 0.05) is 18.5 Å². The third-order valence-corrected chi connectivity index (χ3v) is 5.33. The third-order valence-electron chi connectivity index (χ3n) is 2.87. The van der Waals surface area contributed by atoms with E-state index >= 15 is 0 Å². The Kier molecular flexibility index (Phi) is 1.78. The first-order valence-electron chi connectivity index (χ1n) is 4.14. The molecular formula is C7H10F3NO2S. The molecule has 2 aliphatic rings. The molecule has 14 heavy (non-hydrogen) atoms. The first-order chi connectivity index (χ1) is 6.17. The Morgan fingerprint density at radius 1 is 1.36 bits per heavy atom. The van der Waals surface area contributed by atoms with Crippen LogP contribution < -0.4 is 0 Å². The van der Waals surface area contributed by atoms with E-state index in [-0.39, 0.29) is 18.8 Å². The van der Waals surface area contributed by atoms with E-state index in [1.54, 1.807) is 11.9 Å². The maximum atomic E-state index is 12.4. The highest BCUT2D eigenvalue weighted by molar-refractivity contribution is 7.93. The third kappa shape index (κ3) is 1.18. The molecule has 0 aromatic rings. The summed E-state index contributed by atoms with van der Waals surface area (Å²) in [5.74, 6) is -0.311. The second-order valence-corrected chi connectivity index (χ2v) is 6.35. The second-order valence-electron chi connectivity index (χ2n) is 4.26. The van der Waals surface area contributed by atoms with Crippen LogP contribution in [0.1, 0.15) is 0 Å². The fourth-order valence-corrected chi connectivity index (χ4v) is 5.10. The van der Waals surface area contributed by atoms with Crippen molar-refractivity contribution in [1.29, 1.82) is 0 Å². The number of hydrogen-bond donors (Lipinski definition) is 0. The van der Waals surface area contributed by atoms with Crippen LogP contribution in [0.2, 0.25) is 0 Å². The molecule has 0 N–H and O–H groups in total. The van der Waals surface area contributed by atoms with Crippen molar-refractivity contribution >= 4 is 9.84 Å². The maximum absolute atomic E-state index is 12.4. The van der Waals surface area contributed by atoms with Crippen LogP contribution in [0.25, 0.3) is 0 Å². The van der Waals surface area contributed by atoms with E-state index in [4.69, 9.17) is 0 Å². The molecule has 7 heteroatoms. The molecule has 0 bridgehead atoms. The number of hydrogen-bond acceptors (Lipinski definition) is 3. The molecule has 0 aromatic carbocycles. The second kappa shape index (κ2) is 2.44. The first kappa shape index (κ1) is 10.2. The molecule has 0 aromatic heterocycles. The Labute approximate surface area is 79.8 Å². The Bertz CT molecular complexity index is 356. The quantitative estimate of drug-likeness (QED) is 0.598. The minimum atomic E-state index is -4.61. The van der Waals surface area contributed by atoms with E-state index < -0.39 is 26.7 Å². The number of halogens is 3. The SMILES string of the molecule is CN1CC2(C1)CS(=O)(=O)C2C(F)(F)F. The normalized spacial score (nSPS) is 35.0. The maximum Gasteiger partial charge on any atom is 0.406 e. The summed E-state index contributed by atoms with van der Waals surface area (Å²) in [6.45, 7) is 0.465. The van der Waals surface area contributed by atoms with E-state index in [2.05, 4.69) is 0 Å². The Balaban J connectivity index is 2.27. The van der Waals surface area contributed by atoms with E-state index in [0.29, 0.717) is 0 Å². The molecule has 1 spiro atoms. The van der Waals surface area contributed by atoms with Gasteiger partial charge in [-0.25, -0.2) is 8.42 Å². The highest BCUT2D eigenvalue weighted by Crippen LogP contribution is 2.53. The van der Waals surface area contributed by atoms with Crippen LogP contribution in [-0.4, -0.2) is 50.6 Å². The highest BCUT2D eigenvalue weighted by atomic mass is 32.2. The van der Waals surface area contributed by atoms with Gasteiger partial charge in [0.05, 0.1) is 5.75 Å². The molecule has 1 unspecified atom stereocenters. The van der Waals surface area contributed by atoms with Crippen molar-refractivity contribution in [3.63, 3.8) is 0 Å². The molecule has 1 atom stereocenters. The zero-order valence-corrected chi connectivity index (χ0v) is 8.32. The topological polar surface area (TPSA) is 37.4 Å². The molecule has 0 amide bonds. The predicted octanol–water partition coefficient (Wildman–Crippen LogP) is 0.278. The molecular weight excluding hydrogens is 219 g/mol. The summed E-state index contributed by atoms with van der Waals surface area (Å²) in [4.78, 5) is 1.70. The van der Waals surface area contributed by atoms with Gasteiger partial charge < -0.3 is 4.90 Å². The number of alkyl halides is 3. The van der Waals surface area contributed by atoms with Crippen molar-refractivity contribution in [3.05, 3.63) is 0 Å². The van der Waals surface area contributed by atoms with Crippen molar-refractivity contribution in [1.82, 2.24) is 4.90 Å². The molecule has 2 aliphatic heterocycles. The van der Waals surface area contributed by atoms with E-state index in [0.717, 1.165) is 0 Å². The van der Waals surface area contributed by atoms with Crippen LogP contribution in [0, 0.1) is 5.41 Å². The van der Waals surface area contributed by atoms with Crippen molar-refractivity contribution in [3.8, 4) is 0 Å². The van der Waals surface area contributed by atoms with Crippen molar-refractivity contribution in [2.24, 2.45) is 5.41 Å². The van der Waals surface area contributed by atoms with Gasteiger partial charge in [0.25, 0.3) is 0 Å². The van der Waals surface area contributed by atoms with Gasteiger partial charge in [-0.05, 0) is 7.05 Å². The molecule has 0 saturated carbocycles. The van der Waals surface area contributed by atoms with Crippen LogP contribution in [0.4, 0.5) is 13.2 Å². The summed E-state index contributed by atoms with van der Waals surface area (Å²) in [5.41, 5.74) is -1.04. The summed E-state index contributed by atoms with van der Waals surface area (Å²) in [7, 11) is -2.24. The zero-order chi connectivity index (χ0) is 10.8. The summed E-state index contributed by atoms with van der Waals surface area (Å²) in [5, 5.41) is -2.13. The van der Waals surface area contributed by atoms with Crippen LogP contribution >= 0.6 is 0 Å². The summed E-state index contributed by atoms with van der Waals surface area (Å²) in [6.07, 6.45) is -4.61. The number of nitrogens with zero attached hydrogens (tertiary/aromatic N) is 1. The van der Waals surface area contributed by atoms with Gasteiger partial charge in [0.2, 0.25) is 0 Å². The minimum absolute atomic E-state index is 0.233. The van der Waals surface area contributed by atoms with Gasteiger partial charge in [-0.3, -0.25) is 0 Å². The van der Waals surface area contributed by atoms with Crippen molar-refractivity contribution in [2.45, 2.75) is 11.4 Å². The lowest BCUT2D eigenvalue weighted by Gasteiger charge is -2.58. The lowest BCUT2D eigenvalue weighted by atomic mass is 9.77. The largest absolute Gasteiger partial charge is 0.406 e. The van der Waals surface area contributed by atoms with Gasteiger partial charge in [-0.2, -0.15) is 13.2 Å². The molecule has 2 heterocycles. The molecule has 82 valence electrons. The van der Waals surface area contributed by atoms with Gasteiger partial charge in [-0.15, -0.1) is 0 Å². The van der Waals surface area contributed by atoms with Gasteiger partial charge in [-0.1, -0.05) is 0 Å². The van der Waals surface area contributed by atoms with Gasteiger partial charge >= 0.3 is 6.18 Å². The van der Waals surface area contributed by atoms with Crippen molar-refractivity contribution < 1.29 is 21.6 Å².